The minimum atomic E-state index is -0.252. The lowest BCUT2D eigenvalue weighted by molar-refractivity contribution is -0.126. The van der Waals surface area contributed by atoms with Crippen molar-refractivity contribution in [2.45, 2.75) is 19.3 Å². The fraction of sp³-hybridized carbons (Fsp3) is 0.368. The molecule has 1 aliphatic heterocycles. The van der Waals surface area contributed by atoms with Crippen molar-refractivity contribution >= 4 is 11.8 Å². The Morgan fingerprint density at radius 1 is 1.19 bits per heavy atom. The summed E-state index contributed by atoms with van der Waals surface area (Å²) < 4.78 is 13.6. The second kappa shape index (κ2) is 8.51. The number of likely N-dealkylation sites (tertiary alicyclic amines) is 1. The summed E-state index contributed by atoms with van der Waals surface area (Å²) in [5.41, 5.74) is 0.914. The quantitative estimate of drug-likeness (QED) is 0.887. The molecule has 26 heavy (non-hydrogen) atoms. The molecule has 2 heterocycles. The number of carbonyl (C=O) groups excluding carboxylic acids is 2. The highest BCUT2D eigenvalue weighted by Gasteiger charge is 2.28. The molecule has 6 nitrogen and oxygen atoms in total. The van der Waals surface area contributed by atoms with Crippen LogP contribution >= 0.6 is 0 Å². The molecule has 0 saturated carbocycles. The van der Waals surface area contributed by atoms with Gasteiger partial charge in [0.05, 0.1) is 6.20 Å². The summed E-state index contributed by atoms with van der Waals surface area (Å²) in [7, 11) is 0. The molecule has 1 fully saturated rings. The molecule has 1 aliphatic rings. The molecule has 0 radical (unpaired) electrons. The Kier molecular flexibility index (Phi) is 5.88. The molecular formula is C19H21FN4O2. The van der Waals surface area contributed by atoms with Crippen LogP contribution in [0.3, 0.4) is 0 Å². The standard InChI is InChI=1S/C19H21FN4O2/c20-16-4-2-1-3-14(16)5-8-23-18(25)15-6-11-24(12-7-15)19(26)17-13-21-9-10-22-17/h1-4,9-10,13,15H,5-8,11-12H2,(H,23,25). The maximum Gasteiger partial charge on any atom is 0.274 e. The van der Waals surface area contributed by atoms with Gasteiger partial charge < -0.3 is 10.2 Å². The second-order valence-electron chi connectivity index (χ2n) is 6.29. The van der Waals surface area contributed by atoms with E-state index >= 15 is 0 Å². The first-order valence-corrected chi connectivity index (χ1v) is 8.71. The molecule has 0 unspecified atom stereocenters. The zero-order valence-electron chi connectivity index (χ0n) is 14.4. The fourth-order valence-electron chi connectivity index (χ4n) is 3.08. The second-order valence-corrected chi connectivity index (χ2v) is 6.29. The van der Waals surface area contributed by atoms with Crippen LogP contribution in [-0.4, -0.2) is 46.3 Å². The van der Waals surface area contributed by atoms with Gasteiger partial charge in [-0.3, -0.25) is 14.6 Å². The number of halogens is 1. The minimum Gasteiger partial charge on any atom is -0.356 e. The van der Waals surface area contributed by atoms with Gasteiger partial charge in [-0.25, -0.2) is 9.37 Å². The molecule has 0 bridgehead atoms. The number of aromatic nitrogens is 2. The number of rotatable bonds is 5. The molecule has 2 aromatic rings. The monoisotopic (exact) mass is 356 g/mol. The predicted molar refractivity (Wildman–Crippen MR) is 93.8 cm³/mol. The summed E-state index contributed by atoms with van der Waals surface area (Å²) in [6, 6.07) is 6.57. The third-order valence-corrected chi connectivity index (χ3v) is 4.59. The van der Waals surface area contributed by atoms with Gasteiger partial charge in [-0.05, 0) is 30.9 Å². The summed E-state index contributed by atoms with van der Waals surface area (Å²) in [6.07, 6.45) is 6.14. The zero-order valence-corrected chi connectivity index (χ0v) is 14.4. The SMILES string of the molecule is O=C(NCCc1ccccc1F)C1CCN(C(=O)c2cnccn2)CC1. The highest BCUT2D eigenvalue weighted by atomic mass is 19.1. The van der Waals surface area contributed by atoms with Crippen LogP contribution in [0.25, 0.3) is 0 Å². The van der Waals surface area contributed by atoms with Gasteiger partial charge in [-0.15, -0.1) is 0 Å². The number of piperidine rings is 1. The lowest BCUT2D eigenvalue weighted by atomic mass is 9.95. The van der Waals surface area contributed by atoms with Crippen molar-refractivity contribution < 1.29 is 14.0 Å². The van der Waals surface area contributed by atoms with Crippen molar-refractivity contribution in [3.63, 3.8) is 0 Å². The van der Waals surface area contributed by atoms with E-state index in [9.17, 15) is 14.0 Å². The molecule has 7 heteroatoms. The van der Waals surface area contributed by atoms with Gasteiger partial charge in [0.1, 0.15) is 11.5 Å². The number of nitrogens with zero attached hydrogens (tertiary/aromatic N) is 3. The lowest BCUT2D eigenvalue weighted by Gasteiger charge is -2.31. The van der Waals surface area contributed by atoms with Crippen molar-refractivity contribution in [3.8, 4) is 0 Å². The summed E-state index contributed by atoms with van der Waals surface area (Å²) >= 11 is 0. The highest BCUT2D eigenvalue weighted by Crippen LogP contribution is 2.18. The molecule has 136 valence electrons. The van der Waals surface area contributed by atoms with E-state index in [0.29, 0.717) is 50.2 Å². The van der Waals surface area contributed by atoms with Gasteiger partial charge in [0.2, 0.25) is 5.91 Å². The van der Waals surface area contributed by atoms with Gasteiger partial charge in [0, 0.05) is 37.9 Å². The molecule has 1 aromatic heterocycles. The third kappa shape index (κ3) is 4.41. The number of hydrogen-bond donors (Lipinski definition) is 1. The Bertz CT molecular complexity index is 761. The average Bonchev–Trinajstić information content (AvgIpc) is 2.69. The highest BCUT2D eigenvalue weighted by molar-refractivity contribution is 5.92. The summed E-state index contributed by atoms with van der Waals surface area (Å²) in [6.45, 7) is 1.43. The van der Waals surface area contributed by atoms with Crippen LogP contribution < -0.4 is 5.32 Å². The largest absolute Gasteiger partial charge is 0.356 e. The number of nitrogens with one attached hydrogen (secondary N) is 1. The first kappa shape index (κ1) is 18.0. The summed E-state index contributed by atoms with van der Waals surface area (Å²) in [4.78, 5) is 34.2. The van der Waals surface area contributed by atoms with E-state index in [1.807, 2.05) is 0 Å². The number of carbonyl (C=O) groups is 2. The lowest BCUT2D eigenvalue weighted by Crippen LogP contribution is -2.43. The summed E-state index contributed by atoms with van der Waals surface area (Å²) in [5.74, 6) is -0.566. The first-order valence-electron chi connectivity index (χ1n) is 8.71. The van der Waals surface area contributed by atoms with Crippen LogP contribution in [0.4, 0.5) is 4.39 Å². The molecule has 1 N–H and O–H groups in total. The average molecular weight is 356 g/mol. The predicted octanol–water partition coefficient (Wildman–Crippen LogP) is 1.83. The van der Waals surface area contributed by atoms with E-state index in [2.05, 4.69) is 15.3 Å². The van der Waals surface area contributed by atoms with Crippen LogP contribution in [0, 0.1) is 11.7 Å². The normalized spacial score (nSPS) is 14.9. The number of amides is 2. The van der Waals surface area contributed by atoms with E-state index in [0.717, 1.165) is 0 Å². The smallest absolute Gasteiger partial charge is 0.274 e. The number of hydrogen-bond acceptors (Lipinski definition) is 4. The van der Waals surface area contributed by atoms with Gasteiger partial charge in [-0.2, -0.15) is 0 Å². The molecule has 0 aliphatic carbocycles. The Morgan fingerprint density at radius 2 is 1.96 bits per heavy atom. The molecule has 1 saturated heterocycles. The zero-order chi connectivity index (χ0) is 18.4. The van der Waals surface area contributed by atoms with Crippen molar-refractivity contribution in [1.29, 1.82) is 0 Å². The van der Waals surface area contributed by atoms with E-state index in [1.165, 1.54) is 24.7 Å². The fourth-order valence-corrected chi connectivity index (χ4v) is 3.08. The Labute approximate surface area is 151 Å². The number of benzene rings is 1. The maximum absolute atomic E-state index is 13.6. The van der Waals surface area contributed by atoms with Gasteiger partial charge in [0.15, 0.2) is 0 Å². The molecule has 0 spiro atoms. The Balaban J connectivity index is 1.43. The van der Waals surface area contributed by atoms with Crippen LogP contribution in [0.5, 0.6) is 0 Å². The van der Waals surface area contributed by atoms with E-state index in [4.69, 9.17) is 0 Å². The van der Waals surface area contributed by atoms with Crippen LogP contribution in [0.1, 0.15) is 28.9 Å². The third-order valence-electron chi connectivity index (χ3n) is 4.59. The van der Waals surface area contributed by atoms with Gasteiger partial charge in [0.25, 0.3) is 5.91 Å². The molecule has 2 amide bonds. The molecule has 3 rings (SSSR count). The van der Waals surface area contributed by atoms with Crippen molar-refractivity contribution in [3.05, 3.63) is 59.9 Å². The summed E-state index contributed by atoms with van der Waals surface area (Å²) in [5, 5.41) is 2.87. The van der Waals surface area contributed by atoms with Crippen molar-refractivity contribution in [1.82, 2.24) is 20.2 Å². The molecule has 0 atom stereocenters. The Hall–Kier alpha value is -2.83. The van der Waals surface area contributed by atoms with Crippen molar-refractivity contribution in [2.24, 2.45) is 5.92 Å². The van der Waals surface area contributed by atoms with Gasteiger partial charge in [-0.1, -0.05) is 18.2 Å². The van der Waals surface area contributed by atoms with E-state index in [-0.39, 0.29) is 23.5 Å². The van der Waals surface area contributed by atoms with Gasteiger partial charge >= 0.3 is 0 Å². The maximum atomic E-state index is 13.6. The first-order chi connectivity index (χ1) is 12.6. The van der Waals surface area contributed by atoms with Crippen LogP contribution in [0.2, 0.25) is 0 Å². The molecular weight excluding hydrogens is 335 g/mol. The van der Waals surface area contributed by atoms with E-state index in [1.54, 1.807) is 23.1 Å². The van der Waals surface area contributed by atoms with E-state index < -0.39 is 0 Å². The molecule has 1 aromatic carbocycles. The van der Waals surface area contributed by atoms with Crippen LogP contribution in [0.15, 0.2) is 42.9 Å². The Morgan fingerprint density at radius 3 is 2.65 bits per heavy atom. The van der Waals surface area contributed by atoms with Crippen molar-refractivity contribution in [2.75, 3.05) is 19.6 Å². The topological polar surface area (TPSA) is 75.2 Å². The minimum absolute atomic E-state index is 0.0343. The van der Waals surface area contributed by atoms with Crippen LogP contribution in [-0.2, 0) is 11.2 Å².